The second kappa shape index (κ2) is 5.75. The number of hydrogen-bond donors (Lipinski definition) is 2. The van der Waals surface area contributed by atoms with Crippen molar-refractivity contribution in [1.29, 1.82) is 0 Å². The van der Waals surface area contributed by atoms with Crippen LogP contribution in [0.3, 0.4) is 0 Å². The SMILES string of the molecule is Cc1ccc(O)cc1Nc1ncc2ccccc2n1.Cl. The molecule has 102 valence electrons. The second-order valence-corrected chi connectivity index (χ2v) is 4.38. The molecule has 0 amide bonds. The number of aromatic hydroxyl groups is 1. The number of aromatic nitrogens is 2. The van der Waals surface area contributed by atoms with Crippen LogP contribution in [0.4, 0.5) is 11.6 Å². The predicted molar refractivity (Wildman–Crippen MR) is 82.9 cm³/mol. The van der Waals surface area contributed by atoms with Gasteiger partial charge in [-0.05, 0) is 24.6 Å². The van der Waals surface area contributed by atoms with E-state index in [9.17, 15) is 5.11 Å². The lowest BCUT2D eigenvalue weighted by Gasteiger charge is -2.08. The predicted octanol–water partition coefficient (Wildman–Crippen LogP) is 3.81. The number of para-hydroxylation sites is 1. The summed E-state index contributed by atoms with van der Waals surface area (Å²) in [5.41, 5.74) is 2.71. The number of hydrogen-bond acceptors (Lipinski definition) is 4. The Balaban J connectivity index is 0.00000147. The zero-order chi connectivity index (χ0) is 13.2. The average molecular weight is 288 g/mol. The third-order valence-corrected chi connectivity index (χ3v) is 2.96. The number of halogens is 1. The van der Waals surface area contributed by atoms with E-state index in [2.05, 4.69) is 15.3 Å². The molecule has 20 heavy (non-hydrogen) atoms. The topological polar surface area (TPSA) is 58.0 Å². The summed E-state index contributed by atoms with van der Waals surface area (Å²) >= 11 is 0. The van der Waals surface area contributed by atoms with E-state index in [1.807, 2.05) is 37.3 Å². The van der Waals surface area contributed by atoms with E-state index < -0.39 is 0 Å². The van der Waals surface area contributed by atoms with Crippen LogP contribution >= 0.6 is 12.4 Å². The van der Waals surface area contributed by atoms with Gasteiger partial charge in [-0.2, -0.15) is 0 Å². The minimum absolute atomic E-state index is 0. The summed E-state index contributed by atoms with van der Waals surface area (Å²) in [7, 11) is 0. The summed E-state index contributed by atoms with van der Waals surface area (Å²) in [4.78, 5) is 8.71. The lowest BCUT2D eigenvalue weighted by molar-refractivity contribution is 0.475. The normalized spacial score (nSPS) is 10.1. The Morgan fingerprint density at radius 1 is 1.10 bits per heavy atom. The molecule has 0 aliphatic carbocycles. The van der Waals surface area contributed by atoms with Crippen LogP contribution in [0.25, 0.3) is 10.9 Å². The minimum Gasteiger partial charge on any atom is -0.508 e. The van der Waals surface area contributed by atoms with Crippen LogP contribution < -0.4 is 5.32 Å². The van der Waals surface area contributed by atoms with E-state index in [1.54, 1.807) is 18.3 Å². The van der Waals surface area contributed by atoms with Gasteiger partial charge in [0.1, 0.15) is 5.75 Å². The molecule has 3 aromatic rings. The standard InChI is InChI=1S/C15H13N3O.ClH/c1-10-6-7-12(19)8-14(10)18-15-16-9-11-4-2-3-5-13(11)17-15;/h2-9,19H,1H3,(H,16,17,18);1H. The summed E-state index contributed by atoms with van der Waals surface area (Å²) in [6, 6.07) is 13.0. The lowest BCUT2D eigenvalue weighted by Crippen LogP contribution is -1.98. The van der Waals surface area contributed by atoms with E-state index in [0.29, 0.717) is 5.95 Å². The largest absolute Gasteiger partial charge is 0.508 e. The minimum atomic E-state index is 0. The quantitative estimate of drug-likeness (QED) is 0.752. The first-order valence-electron chi connectivity index (χ1n) is 6.01. The number of aryl methyl sites for hydroxylation is 1. The zero-order valence-corrected chi connectivity index (χ0v) is 11.7. The molecule has 1 aromatic heterocycles. The van der Waals surface area contributed by atoms with Crippen molar-refractivity contribution in [3.05, 3.63) is 54.2 Å². The lowest BCUT2D eigenvalue weighted by atomic mass is 10.2. The molecule has 5 heteroatoms. The second-order valence-electron chi connectivity index (χ2n) is 4.38. The maximum absolute atomic E-state index is 9.51. The number of phenolic OH excluding ortho intramolecular Hbond substituents is 1. The Labute approximate surface area is 122 Å². The summed E-state index contributed by atoms with van der Waals surface area (Å²) in [6.07, 6.45) is 1.78. The highest BCUT2D eigenvalue weighted by atomic mass is 35.5. The first-order valence-corrected chi connectivity index (χ1v) is 6.01. The summed E-state index contributed by atoms with van der Waals surface area (Å²) < 4.78 is 0. The summed E-state index contributed by atoms with van der Waals surface area (Å²) in [5.74, 6) is 0.737. The zero-order valence-electron chi connectivity index (χ0n) is 10.9. The van der Waals surface area contributed by atoms with Crippen molar-refractivity contribution in [3.63, 3.8) is 0 Å². The maximum Gasteiger partial charge on any atom is 0.227 e. The van der Waals surface area contributed by atoms with Crippen LogP contribution in [0.1, 0.15) is 5.56 Å². The van der Waals surface area contributed by atoms with Gasteiger partial charge in [0, 0.05) is 23.3 Å². The number of fused-ring (bicyclic) bond motifs is 1. The van der Waals surface area contributed by atoms with Crippen LogP contribution in [-0.4, -0.2) is 15.1 Å². The van der Waals surface area contributed by atoms with E-state index in [1.165, 1.54) is 0 Å². The molecule has 0 fully saturated rings. The number of benzene rings is 2. The van der Waals surface area contributed by atoms with Gasteiger partial charge in [0.2, 0.25) is 5.95 Å². The van der Waals surface area contributed by atoms with E-state index in [4.69, 9.17) is 0 Å². The van der Waals surface area contributed by atoms with Gasteiger partial charge in [-0.1, -0.05) is 24.3 Å². The molecule has 4 nitrogen and oxygen atoms in total. The van der Waals surface area contributed by atoms with Gasteiger partial charge in [0.15, 0.2) is 0 Å². The van der Waals surface area contributed by atoms with Crippen molar-refractivity contribution < 1.29 is 5.11 Å². The number of phenols is 1. The molecule has 2 N–H and O–H groups in total. The molecule has 0 aliphatic heterocycles. The number of anilines is 2. The average Bonchev–Trinajstić information content (AvgIpc) is 2.43. The van der Waals surface area contributed by atoms with Crippen LogP contribution in [0.15, 0.2) is 48.7 Å². The van der Waals surface area contributed by atoms with Gasteiger partial charge in [0.25, 0.3) is 0 Å². The molecule has 1 heterocycles. The molecular formula is C15H14ClN3O. The molecule has 0 bridgehead atoms. The number of nitrogens with one attached hydrogen (secondary N) is 1. The molecule has 0 saturated heterocycles. The highest BCUT2D eigenvalue weighted by molar-refractivity contribution is 5.85. The Kier molecular flexibility index (Phi) is 4.05. The third-order valence-electron chi connectivity index (χ3n) is 2.96. The van der Waals surface area contributed by atoms with Gasteiger partial charge in [0.05, 0.1) is 5.52 Å². The van der Waals surface area contributed by atoms with Crippen molar-refractivity contribution in [2.75, 3.05) is 5.32 Å². The van der Waals surface area contributed by atoms with Crippen molar-refractivity contribution in [2.24, 2.45) is 0 Å². The number of nitrogens with zero attached hydrogens (tertiary/aromatic N) is 2. The van der Waals surface area contributed by atoms with Crippen LogP contribution in [0.5, 0.6) is 5.75 Å². The van der Waals surface area contributed by atoms with Crippen molar-refractivity contribution in [1.82, 2.24) is 9.97 Å². The molecule has 0 spiro atoms. The van der Waals surface area contributed by atoms with Crippen LogP contribution in [0, 0.1) is 6.92 Å². The Morgan fingerprint density at radius 3 is 2.75 bits per heavy atom. The molecule has 0 saturated carbocycles. The fourth-order valence-electron chi connectivity index (χ4n) is 1.90. The van der Waals surface area contributed by atoms with Crippen molar-refractivity contribution in [3.8, 4) is 5.75 Å². The Bertz CT molecular complexity index is 746. The highest BCUT2D eigenvalue weighted by Gasteiger charge is 2.03. The fraction of sp³-hybridized carbons (Fsp3) is 0.0667. The monoisotopic (exact) mass is 287 g/mol. The summed E-state index contributed by atoms with van der Waals surface area (Å²) in [5, 5.41) is 13.6. The highest BCUT2D eigenvalue weighted by Crippen LogP contribution is 2.23. The molecule has 3 rings (SSSR count). The van der Waals surface area contributed by atoms with Gasteiger partial charge in [-0.15, -0.1) is 12.4 Å². The first kappa shape index (κ1) is 14.1. The van der Waals surface area contributed by atoms with E-state index >= 15 is 0 Å². The van der Waals surface area contributed by atoms with E-state index in [0.717, 1.165) is 22.2 Å². The maximum atomic E-state index is 9.51. The smallest absolute Gasteiger partial charge is 0.227 e. The Hall–Kier alpha value is -2.33. The number of rotatable bonds is 2. The van der Waals surface area contributed by atoms with Gasteiger partial charge >= 0.3 is 0 Å². The van der Waals surface area contributed by atoms with Crippen molar-refractivity contribution in [2.45, 2.75) is 6.92 Å². The molecule has 0 unspecified atom stereocenters. The van der Waals surface area contributed by atoms with Crippen LogP contribution in [-0.2, 0) is 0 Å². The van der Waals surface area contributed by atoms with Gasteiger partial charge in [-0.3, -0.25) is 0 Å². The summed E-state index contributed by atoms with van der Waals surface area (Å²) in [6.45, 7) is 1.96. The molecule has 2 aromatic carbocycles. The van der Waals surface area contributed by atoms with Crippen molar-refractivity contribution >= 4 is 34.9 Å². The van der Waals surface area contributed by atoms with E-state index in [-0.39, 0.29) is 18.2 Å². The van der Waals surface area contributed by atoms with Gasteiger partial charge in [-0.25, -0.2) is 9.97 Å². The molecule has 0 radical (unpaired) electrons. The fourth-order valence-corrected chi connectivity index (χ4v) is 1.90. The molecule has 0 aliphatic rings. The molecule has 0 atom stereocenters. The molecular weight excluding hydrogens is 274 g/mol. The van der Waals surface area contributed by atoms with Gasteiger partial charge < -0.3 is 10.4 Å². The Morgan fingerprint density at radius 2 is 1.90 bits per heavy atom. The third kappa shape index (κ3) is 2.81. The first-order chi connectivity index (χ1) is 9.22. The van der Waals surface area contributed by atoms with Crippen LogP contribution in [0.2, 0.25) is 0 Å².